The van der Waals surface area contributed by atoms with E-state index in [9.17, 15) is 4.79 Å². The Labute approximate surface area is 109 Å². The lowest BCUT2D eigenvalue weighted by atomic mass is 10.00. The van der Waals surface area contributed by atoms with E-state index in [0.717, 1.165) is 18.9 Å². The number of nitrogens with zero attached hydrogens (tertiary/aromatic N) is 3. The highest BCUT2D eigenvalue weighted by Crippen LogP contribution is 2.24. The topological polar surface area (TPSA) is 36.4 Å². The smallest absolute Gasteiger partial charge is 0.257 e. The van der Waals surface area contributed by atoms with Crippen LogP contribution < -0.4 is 4.90 Å². The predicted octanol–water partition coefficient (Wildman–Crippen LogP) is 2.02. The summed E-state index contributed by atoms with van der Waals surface area (Å²) in [6.45, 7) is 4.24. The van der Waals surface area contributed by atoms with Crippen molar-refractivity contribution < 1.29 is 4.79 Å². The molecule has 1 aromatic heterocycles. The van der Waals surface area contributed by atoms with Crippen molar-refractivity contribution in [2.75, 3.05) is 32.1 Å². The molecule has 4 heteroatoms. The molecule has 0 saturated carbocycles. The van der Waals surface area contributed by atoms with E-state index in [1.165, 1.54) is 12.8 Å². The van der Waals surface area contributed by atoms with Crippen LogP contribution in [0.3, 0.4) is 0 Å². The maximum atomic E-state index is 12.1. The summed E-state index contributed by atoms with van der Waals surface area (Å²) in [5.74, 6) is 1.53. The largest absolute Gasteiger partial charge is 0.356 e. The molecule has 1 saturated heterocycles. The molecule has 0 N–H and O–H groups in total. The van der Waals surface area contributed by atoms with Crippen molar-refractivity contribution in [2.45, 2.75) is 19.8 Å². The van der Waals surface area contributed by atoms with Gasteiger partial charge in [-0.15, -0.1) is 0 Å². The number of piperidine rings is 1. The average Bonchev–Trinajstić information content (AvgIpc) is 2.38. The molecular weight excluding hydrogens is 226 g/mol. The number of hydrogen-bond donors (Lipinski definition) is 0. The van der Waals surface area contributed by atoms with Crippen LogP contribution in [0, 0.1) is 5.92 Å². The maximum Gasteiger partial charge on any atom is 0.257 e. The third-order valence-corrected chi connectivity index (χ3v) is 3.38. The molecule has 1 aliphatic heterocycles. The number of carbonyl (C=O) groups is 1. The Hall–Kier alpha value is -1.58. The minimum atomic E-state index is 0.0244. The molecule has 1 fully saturated rings. The van der Waals surface area contributed by atoms with Crippen molar-refractivity contribution in [2.24, 2.45) is 5.92 Å². The SMILES string of the molecule is CC1CCCN(c2ncccc2C(=O)N(C)C)C1. The number of pyridine rings is 1. The molecular formula is C14H21N3O. The Morgan fingerprint density at radius 2 is 2.28 bits per heavy atom. The zero-order valence-electron chi connectivity index (χ0n) is 11.4. The van der Waals surface area contributed by atoms with E-state index in [2.05, 4.69) is 16.8 Å². The standard InChI is InChI=1S/C14H21N3O/c1-11-6-5-9-17(10-11)13-12(7-4-8-15-13)14(18)16(2)3/h4,7-8,11H,5-6,9-10H2,1-3H3. The predicted molar refractivity (Wildman–Crippen MR) is 72.9 cm³/mol. The highest BCUT2D eigenvalue weighted by molar-refractivity contribution is 5.98. The van der Waals surface area contributed by atoms with Gasteiger partial charge in [-0.25, -0.2) is 4.98 Å². The number of amides is 1. The van der Waals surface area contributed by atoms with Crippen molar-refractivity contribution in [3.8, 4) is 0 Å². The summed E-state index contributed by atoms with van der Waals surface area (Å²) in [6.07, 6.45) is 4.20. The second-order valence-corrected chi connectivity index (χ2v) is 5.27. The van der Waals surface area contributed by atoms with Crippen LogP contribution in [0.1, 0.15) is 30.1 Å². The number of rotatable bonds is 2. The lowest BCUT2D eigenvalue weighted by Gasteiger charge is -2.33. The number of carbonyl (C=O) groups excluding carboxylic acids is 1. The highest BCUT2D eigenvalue weighted by Gasteiger charge is 2.22. The summed E-state index contributed by atoms with van der Waals surface area (Å²) in [5, 5.41) is 0. The molecule has 98 valence electrons. The van der Waals surface area contributed by atoms with Crippen molar-refractivity contribution in [1.29, 1.82) is 0 Å². The quantitative estimate of drug-likeness (QED) is 0.802. The first-order chi connectivity index (χ1) is 8.59. The number of hydrogen-bond acceptors (Lipinski definition) is 3. The lowest BCUT2D eigenvalue weighted by molar-refractivity contribution is 0.0827. The second kappa shape index (κ2) is 5.38. The minimum absolute atomic E-state index is 0.0244. The van der Waals surface area contributed by atoms with Gasteiger partial charge in [0.2, 0.25) is 0 Å². The molecule has 1 aliphatic rings. The van der Waals surface area contributed by atoms with Crippen molar-refractivity contribution in [3.63, 3.8) is 0 Å². The van der Waals surface area contributed by atoms with Crippen LogP contribution in [0.15, 0.2) is 18.3 Å². The van der Waals surface area contributed by atoms with Crippen molar-refractivity contribution >= 4 is 11.7 Å². The van der Waals surface area contributed by atoms with Gasteiger partial charge in [-0.3, -0.25) is 4.79 Å². The first-order valence-electron chi connectivity index (χ1n) is 6.51. The summed E-state index contributed by atoms with van der Waals surface area (Å²) >= 11 is 0. The molecule has 1 atom stereocenters. The van der Waals surface area contributed by atoms with Crippen molar-refractivity contribution in [1.82, 2.24) is 9.88 Å². The van der Waals surface area contributed by atoms with Gasteiger partial charge in [-0.2, -0.15) is 0 Å². The number of anilines is 1. The van der Waals surface area contributed by atoms with Crippen LogP contribution >= 0.6 is 0 Å². The fraction of sp³-hybridized carbons (Fsp3) is 0.571. The van der Waals surface area contributed by atoms with E-state index in [1.54, 1.807) is 25.2 Å². The van der Waals surface area contributed by atoms with E-state index >= 15 is 0 Å². The van der Waals surface area contributed by atoms with Gasteiger partial charge in [0.1, 0.15) is 5.82 Å². The Morgan fingerprint density at radius 3 is 2.94 bits per heavy atom. The first kappa shape index (κ1) is 12.9. The van der Waals surface area contributed by atoms with Crippen LogP contribution in [-0.2, 0) is 0 Å². The van der Waals surface area contributed by atoms with E-state index in [4.69, 9.17) is 0 Å². The summed E-state index contributed by atoms with van der Waals surface area (Å²) in [6, 6.07) is 3.69. The molecule has 2 heterocycles. The molecule has 2 rings (SSSR count). The molecule has 4 nitrogen and oxygen atoms in total. The monoisotopic (exact) mass is 247 g/mol. The van der Waals surface area contributed by atoms with Crippen LogP contribution in [0.2, 0.25) is 0 Å². The Balaban J connectivity index is 2.29. The third kappa shape index (κ3) is 2.63. The van der Waals surface area contributed by atoms with Gasteiger partial charge < -0.3 is 9.80 Å². The number of aromatic nitrogens is 1. The van der Waals surface area contributed by atoms with Gasteiger partial charge in [0, 0.05) is 33.4 Å². The summed E-state index contributed by atoms with van der Waals surface area (Å²) in [5.41, 5.74) is 0.705. The fourth-order valence-electron chi connectivity index (χ4n) is 2.44. The zero-order valence-corrected chi connectivity index (χ0v) is 11.4. The summed E-state index contributed by atoms with van der Waals surface area (Å²) in [4.78, 5) is 20.4. The summed E-state index contributed by atoms with van der Waals surface area (Å²) in [7, 11) is 3.55. The second-order valence-electron chi connectivity index (χ2n) is 5.27. The van der Waals surface area contributed by atoms with Gasteiger partial charge >= 0.3 is 0 Å². The van der Waals surface area contributed by atoms with E-state index in [0.29, 0.717) is 11.5 Å². The van der Waals surface area contributed by atoms with E-state index in [1.807, 2.05) is 12.1 Å². The van der Waals surface area contributed by atoms with E-state index in [-0.39, 0.29) is 5.91 Å². The molecule has 0 radical (unpaired) electrons. The van der Waals surface area contributed by atoms with Gasteiger partial charge in [-0.1, -0.05) is 6.92 Å². The van der Waals surface area contributed by atoms with Gasteiger partial charge in [0.05, 0.1) is 5.56 Å². The molecule has 0 spiro atoms. The minimum Gasteiger partial charge on any atom is -0.356 e. The normalized spacial score (nSPS) is 19.7. The van der Waals surface area contributed by atoms with Crippen LogP contribution in [-0.4, -0.2) is 43.0 Å². The molecule has 1 amide bonds. The maximum absolute atomic E-state index is 12.1. The Kier molecular flexibility index (Phi) is 3.84. The van der Waals surface area contributed by atoms with Gasteiger partial charge in [-0.05, 0) is 30.9 Å². The van der Waals surface area contributed by atoms with Crippen molar-refractivity contribution in [3.05, 3.63) is 23.9 Å². The third-order valence-electron chi connectivity index (χ3n) is 3.38. The molecule has 1 aromatic rings. The highest BCUT2D eigenvalue weighted by atomic mass is 16.2. The average molecular weight is 247 g/mol. The Bertz CT molecular complexity index is 431. The first-order valence-corrected chi connectivity index (χ1v) is 6.51. The molecule has 0 aromatic carbocycles. The summed E-state index contributed by atoms with van der Waals surface area (Å²) < 4.78 is 0. The van der Waals surface area contributed by atoms with Gasteiger partial charge in [0.15, 0.2) is 0 Å². The Morgan fingerprint density at radius 1 is 1.50 bits per heavy atom. The molecule has 0 bridgehead atoms. The van der Waals surface area contributed by atoms with Crippen LogP contribution in [0.25, 0.3) is 0 Å². The van der Waals surface area contributed by atoms with Crippen LogP contribution in [0.5, 0.6) is 0 Å². The van der Waals surface area contributed by atoms with Crippen LogP contribution in [0.4, 0.5) is 5.82 Å². The zero-order chi connectivity index (χ0) is 13.1. The lowest BCUT2D eigenvalue weighted by Crippen LogP contribution is -2.36. The van der Waals surface area contributed by atoms with Gasteiger partial charge in [0.25, 0.3) is 5.91 Å². The molecule has 0 aliphatic carbocycles. The molecule has 18 heavy (non-hydrogen) atoms. The molecule has 1 unspecified atom stereocenters. The van der Waals surface area contributed by atoms with E-state index < -0.39 is 0 Å². The fourth-order valence-corrected chi connectivity index (χ4v) is 2.44.